The normalized spacial score (nSPS) is 11.8. The standard InChI is InChI=1S/C24H28N4O2/c1-24(2,19-8-5-4-6-9-19)17-27-23(25-3)26-16-18-11-13-20(14-12-18)28-22(29)21-10-7-15-30-21/h4-15H,16-17H2,1-3H3,(H,28,29)(H2,25,26,27). The second kappa shape index (κ2) is 9.78. The minimum atomic E-state index is -0.267. The molecule has 0 aliphatic carbocycles. The van der Waals surface area contributed by atoms with Gasteiger partial charge in [-0.05, 0) is 35.4 Å². The molecule has 0 atom stereocenters. The number of nitrogens with one attached hydrogen (secondary N) is 3. The molecule has 0 unspecified atom stereocenters. The lowest BCUT2D eigenvalue weighted by molar-refractivity contribution is 0.0996. The SMILES string of the molecule is CN=C(NCc1ccc(NC(=O)c2ccco2)cc1)NCC(C)(C)c1ccccc1. The molecule has 0 aliphatic heterocycles. The Morgan fingerprint density at radius 1 is 0.967 bits per heavy atom. The number of carbonyl (C=O) groups excluding carboxylic acids is 1. The van der Waals surface area contributed by atoms with E-state index in [1.165, 1.54) is 11.8 Å². The lowest BCUT2D eigenvalue weighted by Crippen LogP contribution is -2.43. The molecule has 3 N–H and O–H groups in total. The first kappa shape index (κ1) is 21.2. The maximum Gasteiger partial charge on any atom is 0.291 e. The summed E-state index contributed by atoms with van der Waals surface area (Å²) in [5, 5.41) is 9.54. The number of furan rings is 1. The van der Waals surface area contributed by atoms with Gasteiger partial charge in [0.15, 0.2) is 11.7 Å². The molecular formula is C24H28N4O2. The number of nitrogens with zero attached hydrogens (tertiary/aromatic N) is 1. The van der Waals surface area contributed by atoms with E-state index in [9.17, 15) is 4.79 Å². The number of hydrogen-bond donors (Lipinski definition) is 3. The van der Waals surface area contributed by atoms with E-state index in [1.807, 2.05) is 30.3 Å². The van der Waals surface area contributed by atoms with Crippen LogP contribution in [0.1, 0.15) is 35.5 Å². The Morgan fingerprint density at radius 2 is 1.70 bits per heavy atom. The minimum Gasteiger partial charge on any atom is -0.459 e. The monoisotopic (exact) mass is 404 g/mol. The summed E-state index contributed by atoms with van der Waals surface area (Å²) in [5.41, 5.74) is 3.05. The van der Waals surface area contributed by atoms with Crippen molar-refractivity contribution in [1.82, 2.24) is 10.6 Å². The molecule has 0 fully saturated rings. The first-order valence-electron chi connectivity index (χ1n) is 9.92. The van der Waals surface area contributed by atoms with E-state index in [4.69, 9.17) is 4.42 Å². The number of carbonyl (C=O) groups is 1. The maximum absolute atomic E-state index is 12.0. The highest BCUT2D eigenvalue weighted by Gasteiger charge is 2.20. The molecular weight excluding hydrogens is 376 g/mol. The molecule has 2 aromatic carbocycles. The fraction of sp³-hybridized carbons (Fsp3) is 0.250. The zero-order chi connectivity index (χ0) is 21.4. The quantitative estimate of drug-likeness (QED) is 0.408. The van der Waals surface area contributed by atoms with Crippen molar-refractivity contribution in [2.24, 2.45) is 4.99 Å². The Morgan fingerprint density at radius 3 is 2.33 bits per heavy atom. The van der Waals surface area contributed by atoms with E-state index in [1.54, 1.807) is 19.2 Å². The van der Waals surface area contributed by atoms with Crippen molar-refractivity contribution >= 4 is 17.6 Å². The molecule has 1 aromatic heterocycles. The number of amides is 1. The Balaban J connectivity index is 1.49. The van der Waals surface area contributed by atoms with Gasteiger partial charge in [-0.25, -0.2) is 0 Å². The molecule has 1 heterocycles. The van der Waals surface area contributed by atoms with Crippen LogP contribution in [-0.2, 0) is 12.0 Å². The third-order valence-electron chi connectivity index (χ3n) is 4.89. The number of aliphatic imine (C=N–C) groups is 1. The highest BCUT2D eigenvalue weighted by atomic mass is 16.3. The molecule has 0 saturated heterocycles. The van der Waals surface area contributed by atoms with E-state index in [2.05, 4.69) is 59.1 Å². The zero-order valence-electron chi connectivity index (χ0n) is 17.6. The summed E-state index contributed by atoms with van der Waals surface area (Å²) in [6.45, 7) is 5.79. The van der Waals surface area contributed by atoms with E-state index in [0.717, 1.165) is 18.1 Å². The summed E-state index contributed by atoms with van der Waals surface area (Å²) < 4.78 is 5.10. The van der Waals surface area contributed by atoms with Crippen LogP contribution in [0.4, 0.5) is 5.69 Å². The van der Waals surface area contributed by atoms with Crippen LogP contribution in [0, 0.1) is 0 Å². The van der Waals surface area contributed by atoms with Crippen LogP contribution in [-0.4, -0.2) is 25.5 Å². The third kappa shape index (κ3) is 5.73. The molecule has 6 nitrogen and oxygen atoms in total. The molecule has 3 aromatic rings. The number of benzene rings is 2. The van der Waals surface area contributed by atoms with E-state index >= 15 is 0 Å². The molecule has 1 amide bonds. The largest absolute Gasteiger partial charge is 0.459 e. The van der Waals surface area contributed by atoms with Gasteiger partial charge in [0.1, 0.15) is 0 Å². The van der Waals surface area contributed by atoms with Crippen LogP contribution in [0.3, 0.4) is 0 Å². The second-order valence-corrected chi connectivity index (χ2v) is 7.66. The molecule has 30 heavy (non-hydrogen) atoms. The number of rotatable bonds is 7. The predicted octanol–water partition coefficient (Wildman–Crippen LogP) is 4.17. The predicted molar refractivity (Wildman–Crippen MR) is 121 cm³/mol. The van der Waals surface area contributed by atoms with Gasteiger partial charge in [0.05, 0.1) is 6.26 Å². The van der Waals surface area contributed by atoms with Gasteiger partial charge in [0, 0.05) is 31.2 Å². The van der Waals surface area contributed by atoms with Crippen LogP contribution in [0.5, 0.6) is 0 Å². The molecule has 6 heteroatoms. The fourth-order valence-corrected chi connectivity index (χ4v) is 3.01. The molecule has 0 bridgehead atoms. The van der Waals surface area contributed by atoms with E-state index in [-0.39, 0.29) is 17.1 Å². The van der Waals surface area contributed by atoms with Crippen molar-refractivity contribution in [3.8, 4) is 0 Å². The Kier molecular flexibility index (Phi) is 6.91. The van der Waals surface area contributed by atoms with E-state index < -0.39 is 0 Å². The van der Waals surface area contributed by atoms with Crippen LogP contribution in [0.15, 0.2) is 82.4 Å². The van der Waals surface area contributed by atoms with Crippen molar-refractivity contribution in [2.75, 3.05) is 18.9 Å². The number of guanidine groups is 1. The summed E-state index contributed by atoms with van der Waals surface area (Å²) in [7, 11) is 1.76. The molecule has 0 radical (unpaired) electrons. The van der Waals surface area contributed by atoms with Crippen molar-refractivity contribution in [3.05, 3.63) is 89.9 Å². The number of hydrogen-bond acceptors (Lipinski definition) is 3. The molecule has 0 spiro atoms. The maximum atomic E-state index is 12.0. The van der Waals surface area contributed by atoms with Crippen molar-refractivity contribution in [1.29, 1.82) is 0 Å². The van der Waals surface area contributed by atoms with Crippen LogP contribution in [0.25, 0.3) is 0 Å². The summed E-state index contributed by atoms with van der Waals surface area (Å²) in [5.74, 6) is 0.764. The average Bonchev–Trinajstić information content (AvgIpc) is 3.31. The minimum absolute atomic E-state index is 0.0211. The summed E-state index contributed by atoms with van der Waals surface area (Å²) >= 11 is 0. The van der Waals surface area contributed by atoms with Gasteiger partial charge in [-0.15, -0.1) is 0 Å². The van der Waals surface area contributed by atoms with Crippen molar-refractivity contribution in [3.63, 3.8) is 0 Å². The summed E-state index contributed by atoms with van der Waals surface area (Å²) in [4.78, 5) is 16.3. The second-order valence-electron chi connectivity index (χ2n) is 7.66. The van der Waals surface area contributed by atoms with Gasteiger partial charge in [0.2, 0.25) is 0 Å². The average molecular weight is 405 g/mol. The van der Waals surface area contributed by atoms with Crippen molar-refractivity contribution < 1.29 is 9.21 Å². The topological polar surface area (TPSA) is 78.7 Å². The van der Waals surface area contributed by atoms with E-state index in [0.29, 0.717) is 12.2 Å². The van der Waals surface area contributed by atoms with Gasteiger partial charge in [-0.3, -0.25) is 9.79 Å². The Bertz CT molecular complexity index is 962. The third-order valence-corrected chi connectivity index (χ3v) is 4.89. The van der Waals surface area contributed by atoms with Gasteiger partial charge in [0.25, 0.3) is 5.91 Å². The smallest absolute Gasteiger partial charge is 0.291 e. The summed E-state index contributed by atoms with van der Waals surface area (Å²) in [6.07, 6.45) is 1.48. The first-order chi connectivity index (χ1) is 14.5. The highest BCUT2D eigenvalue weighted by molar-refractivity contribution is 6.02. The van der Waals surface area contributed by atoms with Crippen LogP contribution >= 0.6 is 0 Å². The van der Waals surface area contributed by atoms with Crippen molar-refractivity contribution in [2.45, 2.75) is 25.8 Å². The number of anilines is 1. The fourth-order valence-electron chi connectivity index (χ4n) is 3.01. The molecule has 156 valence electrons. The van der Waals surface area contributed by atoms with Gasteiger partial charge < -0.3 is 20.4 Å². The van der Waals surface area contributed by atoms with Crippen LogP contribution < -0.4 is 16.0 Å². The molecule has 3 rings (SSSR count). The molecule has 0 saturated carbocycles. The first-order valence-corrected chi connectivity index (χ1v) is 9.92. The Labute approximate surface area is 177 Å². The lowest BCUT2D eigenvalue weighted by Gasteiger charge is -2.26. The summed E-state index contributed by atoms with van der Waals surface area (Å²) in [6, 6.07) is 21.4. The van der Waals surface area contributed by atoms with Gasteiger partial charge >= 0.3 is 0 Å². The highest BCUT2D eigenvalue weighted by Crippen LogP contribution is 2.21. The van der Waals surface area contributed by atoms with Gasteiger partial charge in [-0.2, -0.15) is 0 Å². The molecule has 0 aliphatic rings. The van der Waals surface area contributed by atoms with Crippen LogP contribution in [0.2, 0.25) is 0 Å². The zero-order valence-corrected chi connectivity index (χ0v) is 17.6. The lowest BCUT2D eigenvalue weighted by atomic mass is 9.85. The Hall–Kier alpha value is -3.54. The van der Waals surface area contributed by atoms with Gasteiger partial charge in [-0.1, -0.05) is 56.3 Å².